The van der Waals surface area contributed by atoms with Crippen LogP contribution in [0.1, 0.15) is 17.5 Å². The molecule has 2 aromatic rings. The standard InChI is InChI=1S/C13H9.C5H5.C2H6Si.2ClH.Zr/c1-2-6-12-10(4-1)8-9-11-5-3-7-13(11)12;1-2-4-5-3-1;1-3-2;;;/h1-4,6,8-9H,5H2;1-3H,4H2;1-2H3;2*1H;/q2*-1;;;;+2. The average molecular weight is 453 g/mol. The Kier molecular flexibility index (Phi) is 12.7. The van der Waals surface area contributed by atoms with E-state index in [4.69, 9.17) is 0 Å². The third kappa shape index (κ3) is 7.66. The number of rotatable bonds is 0. The summed E-state index contributed by atoms with van der Waals surface area (Å²) >= 11 is 1.74. The van der Waals surface area contributed by atoms with E-state index in [1.807, 2.05) is 12.2 Å². The first-order valence-electron chi connectivity index (χ1n) is 7.51. The molecular formula is C20H22Cl2SiZr. The first kappa shape index (κ1) is 23.6. The summed E-state index contributed by atoms with van der Waals surface area (Å²) in [5.74, 6) is 0. The molecule has 2 aliphatic carbocycles. The van der Waals surface area contributed by atoms with Crippen molar-refractivity contribution in [2.45, 2.75) is 25.9 Å². The van der Waals surface area contributed by atoms with Crippen LogP contribution in [0.25, 0.3) is 10.8 Å². The van der Waals surface area contributed by atoms with Gasteiger partial charge < -0.3 is 0 Å². The van der Waals surface area contributed by atoms with Crippen molar-refractivity contribution in [3.63, 3.8) is 0 Å². The van der Waals surface area contributed by atoms with Gasteiger partial charge in [-0.2, -0.15) is 23.8 Å². The summed E-state index contributed by atoms with van der Waals surface area (Å²) < 4.78 is 0. The van der Waals surface area contributed by atoms with Crippen LogP contribution in [-0.4, -0.2) is 5.43 Å². The maximum Gasteiger partial charge on any atom is -0.0637 e. The van der Waals surface area contributed by atoms with E-state index < -0.39 is 0 Å². The van der Waals surface area contributed by atoms with Crippen molar-refractivity contribution in [1.82, 2.24) is 0 Å². The Morgan fingerprint density at radius 1 is 1.04 bits per heavy atom. The zero-order valence-corrected chi connectivity index (χ0v) is 19.1. The second-order valence-electron chi connectivity index (χ2n) is 5.38. The molecule has 0 aromatic heterocycles. The summed E-state index contributed by atoms with van der Waals surface area (Å²) in [6, 6.07) is 12.9. The normalized spacial score (nSPS) is 12.2. The van der Waals surface area contributed by atoms with Gasteiger partial charge in [-0.25, -0.2) is 12.2 Å². The minimum atomic E-state index is 0. The van der Waals surface area contributed by atoms with Crippen LogP contribution in [0.5, 0.6) is 0 Å². The van der Waals surface area contributed by atoms with Crippen molar-refractivity contribution in [3.8, 4) is 0 Å². The average Bonchev–Trinajstić information content (AvgIpc) is 3.21. The number of halogens is 2. The maximum absolute atomic E-state index is 3.32. The molecule has 0 N–H and O–H groups in total. The van der Waals surface area contributed by atoms with Crippen LogP contribution in [-0.2, 0) is 29.8 Å². The van der Waals surface area contributed by atoms with Crippen molar-refractivity contribution in [2.24, 2.45) is 0 Å². The SMILES string of the molecule is C[Si](C)=[Zr+2].Cl.Cl.[C-]1=CC=CC1.[C-]1=CCc2ccc3ccccc3c21. The van der Waals surface area contributed by atoms with Crippen LogP contribution in [0, 0.1) is 12.2 Å². The van der Waals surface area contributed by atoms with E-state index in [2.05, 4.69) is 73.8 Å². The van der Waals surface area contributed by atoms with Crippen LogP contribution in [0.15, 0.2) is 60.7 Å². The van der Waals surface area contributed by atoms with Gasteiger partial charge in [0.1, 0.15) is 0 Å². The quantitative estimate of drug-likeness (QED) is 0.338. The number of hydrogen-bond donors (Lipinski definition) is 0. The second kappa shape index (κ2) is 12.9. The molecule has 0 amide bonds. The van der Waals surface area contributed by atoms with Gasteiger partial charge in [0.2, 0.25) is 0 Å². The minimum absolute atomic E-state index is 0. The van der Waals surface area contributed by atoms with Crippen molar-refractivity contribution >= 4 is 41.0 Å². The van der Waals surface area contributed by atoms with E-state index >= 15 is 0 Å². The molecule has 0 unspecified atom stereocenters. The molecule has 0 heterocycles. The van der Waals surface area contributed by atoms with Crippen LogP contribution < -0.4 is 0 Å². The molecule has 24 heavy (non-hydrogen) atoms. The van der Waals surface area contributed by atoms with E-state index in [1.54, 1.807) is 23.3 Å². The number of hydrogen-bond acceptors (Lipinski definition) is 0. The molecule has 0 saturated heterocycles. The molecule has 0 spiro atoms. The van der Waals surface area contributed by atoms with E-state index in [1.165, 1.54) is 21.9 Å². The number of allylic oxidation sites excluding steroid dienone is 5. The fraction of sp³-hybridized carbons (Fsp3) is 0.200. The second-order valence-corrected chi connectivity index (χ2v) is 14.8. The van der Waals surface area contributed by atoms with E-state index in [0.29, 0.717) is 0 Å². The maximum atomic E-state index is 3.32. The molecule has 0 saturated carbocycles. The van der Waals surface area contributed by atoms with Gasteiger partial charge in [-0.3, -0.25) is 6.08 Å². The summed E-state index contributed by atoms with van der Waals surface area (Å²) in [5, 5.41) is 2.64. The Balaban J connectivity index is 0.000000409. The minimum Gasteiger partial charge on any atom is -0.273 e. The fourth-order valence-electron chi connectivity index (χ4n) is 2.26. The largest absolute Gasteiger partial charge is 0.273 e. The monoisotopic (exact) mass is 450 g/mol. The number of fused-ring (bicyclic) bond motifs is 3. The van der Waals surface area contributed by atoms with Crippen molar-refractivity contribution in [3.05, 3.63) is 84.0 Å². The van der Waals surface area contributed by atoms with Crippen molar-refractivity contribution in [1.29, 1.82) is 0 Å². The van der Waals surface area contributed by atoms with Gasteiger partial charge in [0.25, 0.3) is 0 Å². The number of benzene rings is 2. The predicted molar refractivity (Wildman–Crippen MR) is 108 cm³/mol. The topological polar surface area (TPSA) is 0 Å². The molecule has 0 radical (unpaired) electrons. The molecule has 4 rings (SSSR count). The van der Waals surface area contributed by atoms with Gasteiger partial charge in [-0.1, -0.05) is 36.1 Å². The molecule has 0 bridgehead atoms. The zero-order chi connectivity index (χ0) is 15.8. The summed E-state index contributed by atoms with van der Waals surface area (Å²) in [4.78, 5) is 0. The summed E-state index contributed by atoms with van der Waals surface area (Å²) in [5.41, 5.74) is 2.90. The predicted octanol–water partition coefficient (Wildman–Crippen LogP) is 6.04. The summed E-state index contributed by atoms with van der Waals surface area (Å²) in [7, 11) is 0. The molecule has 4 heteroatoms. The molecular weight excluding hydrogens is 430 g/mol. The third-order valence-corrected chi connectivity index (χ3v) is 3.17. The van der Waals surface area contributed by atoms with Gasteiger partial charge in [-0.05, 0) is 0 Å². The van der Waals surface area contributed by atoms with E-state index in [0.717, 1.165) is 12.8 Å². The van der Waals surface area contributed by atoms with Gasteiger partial charge >= 0.3 is 41.9 Å². The Labute approximate surface area is 173 Å². The fourth-order valence-corrected chi connectivity index (χ4v) is 2.26. The Hall–Kier alpha value is -0.400. The molecule has 0 aliphatic heterocycles. The third-order valence-electron chi connectivity index (χ3n) is 3.17. The first-order chi connectivity index (χ1) is 10.7. The van der Waals surface area contributed by atoms with Crippen LogP contribution in [0.3, 0.4) is 0 Å². The molecule has 2 aliphatic rings. The van der Waals surface area contributed by atoms with Crippen LogP contribution >= 0.6 is 24.8 Å². The first-order valence-corrected chi connectivity index (χ1v) is 13.7. The van der Waals surface area contributed by atoms with E-state index in [9.17, 15) is 0 Å². The molecule has 0 atom stereocenters. The van der Waals surface area contributed by atoms with Crippen molar-refractivity contribution in [2.75, 3.05) is 0 Å². The Morgan fingerprint density at radius 3 is 2.33 bits per heavy atom. The summed E-state index contributed by atoms with van der Waals surface area (Å²) in [6.45, 7) is 4.62. The van der Waals surface area contributed by atoms with Gasteiger partial charge in [-0.15, -0.1) is 54.3 Å². The van der Waals surface area contributed by atoms with Crippen molar-refractivity contribution < 1.29 is 23.3 Å². The van der Waals surface area contributed by atoms with Gasteiger partial charge in [0, 0.05) is 0 Å². The van der Waals surface area contributed by atoms with Crippen LogP contribution in [0.4, 0.5) is 0 Å². The summed E-state index contributed by atoms with van der Waals surface area (Å²) in [6.07, 6.45) is 16.5. The molecule has 0 fully saturated rings. The zero-order valence-electron chi connectivity index (χ0n) is 14.0. The van der Waals surface area contributed by atoms with Crippen LogP contribution in [0.2, 0.25) is 13.1 Å². The molecule has 2 aromatic carbocycles. The Morgan fingerprint density at radius 2 is 1.75 bits per heavy atom. The van der Waals surface area contributed by atoms with E-state index in [-0.39, 0.29) is 30.2 Å². The van der Waals surface area contributed by atoms with Gasteiger partial charge in [0.15, 0.2) is 0 Å². The Bertz CT molecular complexity index is 734. The smallest absolute Gasteiger partial charge is 0.0637 e. The molecule has 124 valence electrons. The van der Waals surface area contributed by atoms with Gasteiger partial charge in [0.05, 0.1) is 0 Å². The molecule has 0 nitrogen and oxygen atoms in total.